The van der Waals surface area contributed by atoms with Gasteiger partial charge in [-0.3, -0.25) is 4.90 Å². The largest absolute Gasteiger partial charge is 0.504 e. The number of aromatic hydroxyl groups is 2. The van der Waals surface area contributed by atoms with Gasteiger partial charge < -0.3 is 34.4 Å². The predicted molar refractivity (Wildman–Crippen MR) is 175 cm³/mol. The van der Waals surface area contributed by atoms with Gasteiger partial charge in [-0.2, -0.15) is 10.2 Å². The van der Waals surface area contributed by atoms with Gasteiger partial charge in [0.1, 0.15) is 0 Å². The van der Waals surface area contributed by atoms with Crippen LogP contribution in [0.3, 0.4) is 0 Å². The molecule has 8 atom stereocenters. The van der Waals surface area contributed by atoms with E-state index in [1.807, 2.05) is 19.3 Å². The maximum Gasteiger partial charge on any atom is 0.166 e. The number of nitrogens with zero attached hydrogens (tertiary/aromatic N) is 4. The second-order valence-electron chi connectivity index (χ2n) is 15.2. The molecule has 10 heteroatoms. The molecule has 2 saturated heterocycles. The lowest BCUT2D eigenvalue weighted by atomic mass is 9.48. The standard InChI is InChI=1S/C37H42N4O6/c1-4-15-41-17-14-34-28-20-5-7-24(42)30(28)46-32(34)22(9-11-36(34,44)26(41)18-20)38-39-23-10-12-37(45-3)27-19-21-6-8-25(43)31-29(21)35(37,33(23)47-31)13-16-40(27)2/h4-8,26-27,32-33,42-44H,1,9-19H2,2-3H3/b38-22+,39-23+/t26-,27-,32+,33+,34+,35+,36-,37-/m1/s1. The number of hydrogen-bond donors (Lipinski definition) is 3. The maximum atomic E-state index is 12.7. The molecule has 4 bridgehead atoms. The quantitative estimate of drug-likeness (QED) is 0.345. The second-order valence-corrected chi connectivity index (χ2v) is 15.2. The fourth-order valence-electron chi connectivity index (χ4n) is 12.1. The van der Waals surface area contributed by atoms with Crippen molar-refractivity contribution < 1.29 is 29.5 Å². The average Bonchev–Trinajstić information content (AvgIpc) is 3.61. The summed E-state index contributed by atoms with van der Waals surface area (Å²) in [6.07, 6.45) is 6.58. The van der Waals surface area contributed by atoms with E-state index in [4.69, 9.17) is 24.4 Å². The third-order valence-electron chi connectivity index (χ3n) is 13.9. The maximum absolute atomic E-state index is 12.7. The minimum atomic E-state index is -1.03. The van der Waals surface area contributed by atoms with Crippen LogP contribution in [0.5, 0.6) is 23.0 Å². The Bertz CT molecular complexity index is 1830. The number of likely N-dealkylation sites (tertiary alicyclic amines) is 2. The van der Waals surface area contributed by atoms with Crippen LogP contribution in [0.2, 0.25) is 0 Å². The van der Waals surface area contributed by atoms with E-state index in [2.05, 4.69) is 29.5 Å². The minimum Gasteiger partial charge on any atom is -0.504 e. The molecule has 0 aromatic heterocycles. The van der Waals surface area contributed by atoms with Crippen molar-refractivity contribution in [2.24, 2.45) is 10.2 Å². The Morgan fingerprint density at radius 3 is 2.13 bits per heavy atom. The summed E-state index contributed by atoms with van der Waals surface area (Å²) in [5.41, 5.74) is 3.35. The Hall–Kier alpha value is -3.44. The summed E-state index contributed by atoms with van der Waals surface area (Å²) < 4.78 is 20.0. The van der Waals surface area contributed by atoms with Crippen molar-refractivity contribution in [2.75, 3.05) is 33.8 Å². The number of piperidine rings is 2. The van der Waals surface area contributed by atoms with Crippen molar-refractivity contribution in [1.82, 2.24) is 9.80 Å². The molecule has 0 amide bonds. The summed E-state index contributed by atoms with van der Waals surface area (Å²) in [7, 11) is 4.02. The summed E-state index contributed by atoms with van der Waals surface area (Å²) in [4.78, 5) is 4.79. The molecule has 10 rings (SSSR count). The second kappa shape index (κ2) is 9.16. The van der Waals surface area contributed by atoms with E-state index < -0.39 is 34.2 Å². The van der Waals surface area contributed by atoms with Gasteiger partial charge in [0.2, 0.25) is 0 Å². The molecule has 2 aromatic carbocycles. The third kappa shape index (κ3) is 3.05. The van der Waals surface area contributed by atoms with Gasteiger partial charge in [-0.05, 0) is 88.2 Å². The summed E-state index contributed by atoms with van der Waals surface area (Å²) >= 11 is 0. The van der Waals surface area contributed by atoms with Crippen molar-refractivity contribution in [3.05, 3.63) is 59.2 Å². The zero-order valence-corrected chi connectivity index (χ0v) is 27.0. The predicted octanol–water partition coefficient (Wildman–Crippen LogP) is 3.37. The molecule has 2 saturated carbocycles. The van der Waals surface area contributed by atoms with Gasteiger partial charge in [-0.1, -0.05) is 18.2 Å². The van der Waals surface area contributed by atoms with Gasteiger partial charge in [0.05, 0.1) is 33.5 Å². The van der Waals surface area contributed by atoms with E-state index in [9.17, 15) is 15.3 Å². The van der Waals surface area contributed by atoms with Crippen molar-refractivity contribution in [1.29, 1.82) is 0 Å². The number of methoxy groups -OCH3 is 1. The van der Waals surface area contributed by atoms with Gasteiger partial charge in [0.15, 0.2) is 35.2 Å². The lowest BCUT2D eigenvalue weighted by Crippen LogP contribution is -2.76. The molecular weight excluding hydrogens is 596 g/mol. The number of benzene rings is 2. The van der Waals surface area contributed by atoms with Gasteiger partial charge in [-0.25, -0.2) is 0 Å². The first kappa shape index (κ1) is 28.6. The zero-order chi connectivity index (χ0) is 32.1. The number of ether oxygens (including phenoxy) is 3. The fourth-order valence-corrected chi connectivity index (χ4v) is 12.1. The van der Waals surface area contributed by atoms with Crippen LogP contribution in [-0.2, 0) is 28.4 Å². The summed E-state index contributed by atoms with van der Waals surface area (Å²) in [6.45, 7) is 6.40. The number of phenolic OH excluding ortho intramolecular Hbond substituents is 2. The van der Waals surface area contributed by atoms with Gasteiger partial charge >= 0.3 is 0 Å². The molecule has 4 heterocycles. The number of likely N-dealkylation sites (N-methyl/N-ethyl adjacent to an activating group) is 1. The highest BCUT2D eigenvalue weighted by atomic mass is 16.5. The van der Waals surface area contributed by atoms with Crippen LogP contribution in [0.1, 0.15) is 60.8 Å². The first-order valence-corrected chi connectivity index (χ1v) is 17.2. The number of rotatable bonds is 4. The highest BCUT2D eigenvalue weighted by molar-refractivity contribution is 5.98. The first-order chi connectivity index (χ1) is 22.7. The molecule has 2 aromatic rings. The van der Waals surface area contributed by atoms with Crippen molar-refractivity contribution in [3.8, 4) is 23.0 Å². The topological polar surface area (TPSA) is 120 Å². The zero-order valence-electron chi connectivity index (χ0n) is 27.0. The monoisotopic (exact) mass is 638 g/mol. The fraction of sp³-hybridized carbons (Fsp3) is 0.568. The number of aliphatic hydroxyl groups is 1. The van der Waals surface area contributed by atoms with Gasteiger partial charge in [0, 0.05) is 43.4 Å². The number of phenols is 2. The summed E-state index contributed by atoms with van der Waals surface area (Å²) in [5, 5.41) is 44.8. The van der Waals surface area contributed by atoms with Gasteiger partial charge in [0.25, 0.3) is 0 Å². The van der Waals surface area contributed by atoms with Crippen LogP contribution in [0.15, 0.2) is 47.1 Å². The highest BCUT2D eigenvalue weighted by Crippen LogP contribution is 2.67. The molecule has 3 N–H and O–H groups in total. The van der Waals surface area contributed by atoms with Crippen LogP contribution in [0, 0.1) is 0 Å². The van der Waals surface area contributed by atoms with E-state index >= 15 is 0 Å². The lowest BCUT2D eigenvalue weighted by molar-refractivity contribution is -0.180. The average molecular weight is 639 g/mol. The molecule has 246 valence electrons. The van der Waals surface area contributed by atoms with Crippen molar-refractivity contribution >= 4 is 11.4 Å². The van der Waals surface area contributed by atoms with Crippen LogP contribution >= 0.6 is 0 Å². The Morgan fingerprint density at radius 1 is 0.872 bits per heavy atom. The minimum absolute atomic E-state index is 0.0771. The molecule has 2 spiro atoms. The first-order valence-electron chi connectivity index (χ1n) is 17.2. The SMILES string of the molecule is C=CCN1CC[C@]23c4c5ccc(O)c4O[C@H]2/C(=N/N=C2\CC[C@@]4(OC)[C@H]6Cc7ccc(O)c8c7[C@@]4(CCN6C)[C@H]2O8)CC[C@@]3(O)[C@H]1C5. The summed E-state index contributed by atoms with van der Waals surface area (Å²) in [6, 6.07) is 7.64. The molecule has 4 aliphatic heterocycles. The van der Waals surface area contributed by atoms with E-state index in [1.165, 1.54) is 5.56 Å². The Morgan fingerprint density at radius 2 is 1.47 bits per heavy atom. The lowest BCUT2D eigenvalue weighted by Gasteiger charge is -2.64. The van der Waals surface area contributed by atoms with Crippen molar-refractivity contribution in [2.45, 2.75) is 97.7 Å². The normalized spacial score (nSPS) is 42.1. The van der Waals surface area contributed by atoms with Crippen LogP contribution in [0.25, 0.3) is 0 Å². The smallest absolute Gasteiger partial charge is 0.166 e. The molecule has 8 aliphatic rings. The molecular formula is C37H42N4O6. The van der Waals surface area contributed by atoms with E-state index in [1.54, 1.807) is 12.1 Å². The van der Waals surface area contributed by atoms with Crippen LogP contribution < -0.4 is 9.47 Å². The molecule has 10 nitrogen and oxygen atoms in total. The molecule has 0 unspecified atom stereocenters. The highest BCUT2D eigenvalue weighted by Gasteiger charge is 2.74. The number of hydrogen-bond acceptors (Lipinski definition) is 10. The molecule has 4 fully saturated rings. The van der Waals surface area contributed by atoms with Crippen LogP contribution in [-0.4, -0.2) is 106 Å². The summed E-state index contributed by atoms with van der Waals surface area (Å²) in [5.74, 6) is 1.32. The van der Waals surface area contributed by atoms with Crippen LogP contribution in [0.4, 0.5) is 0 Å². The Labute approximate surface area is 274 Å². The van der Waals surface area contributed by atoms with E-state index in [0.717, 1.165) is 60.5 Å². The Kier molecular flexibility index (Phi) is 5.57. The molecule has 0 radical (unpaired) electrons. The van der Waals surface area contributed by atoms with E-state index in [-0.39, 0.29) is 23.6 Å². The van der Waals surface area contributed by atoms with Gasteiger partial charge in [-0.15, -0.1) is 6.58 Å². The molecule has 47 heavy (non-hydrogen) atoms. The van der Waals surface area contributed by atoms with Crippen molar-refractivity contribution in [3.63, 3.8) is 0 Å². The van der Waals surface area contributed by atoms with E-state index in [0.29, 0.717) is 50.1 Å². The Balaban J connectivity index is 1.09. The third-order valence-corrected chi connectivity index (χ3v) is 13.9. The molecule has 4 aliphatic carbocycles.